The molecule has 2 aliphatic rings. The molecule has 1 heterocycles. The van der Waals surface area contributed by atoms with E-state index in [0.29, 0.717) is 5.02 Å². The van der Waals surface area contributed by atoms with Gasteiger partial charge in [-0.25, -0.2) is 4.58 Å². The third kappa shape index (κ3) is 4.26. The Bertz CT molecular complexity index is 704. The molecule has 1 aliphatic carbocycles. The Kier molecular flexibility index (Phi) is 6.30. The van der Waals surface area contributed by atoms with Crippen LogP contribution in [-0.4, -0.2) is 42.2 Å². The number of nitrogens with one attached hydrogen (secondary N) is 1. The molecule has 1 saturated heterocycles. The first-order valence-electron chi connectivity index (χ1n) is 9.38. The van der Waals surface area contributed by atoms with Crippen molar-refractivity contribution in [2.24, 2.45) is 16.9 Å². The van der Waals surface area contributed by atoms with E-state index in [0.717, 1.165) is 43.8 Å². The molecule has 26 heavy (non-hydrogen) atoms. The van der Waals surface area contributed by atoms with Gasteiger partial charge in [0.15, 0.2) is 0 Å². The minimum atomic E-state index is -0.156. The van der Waals surface area contributed by atoms with Gasteiger partial charge in [-0.2, -0.15) is 5.10 Å². The van der Waals surface area contributed by atoms with Crippen LogP contribution in [0.1, 0.15) is 39.0 Å². The van der Waals surface area contributed by atoms with Crippen LogP contribution in [0, 0.1) is 11.8 Å². The molecule has 0 bridgehead atoms. The van der Waals surface area contributed by atoms with Crippen molar-refractivity contribution < 1.29 is 14.1 Å². The van der Waals surface area contributed by atoms with Gasteiger partial charge in [-0.1, -0.05) is 18.5 Å². The fourth-order valence-corrected chi connectivity index (χ4v) is 4.08. The molecule has 1 aliphatic heterocycles. The lowest BCUT2D eigenvalue weighted by atomic mass is 9.78. The third-order valence-electron chi connectivity index (χ3n) is 5.36. The number of benzene rings is 1. The Labute approximate surface area is 160 Å². The largest absolute Gasteiger partial charge is 0.469 e. The number of ether oxygens (including phenoxy) is 1. The number of nitrogens with zero attached hydrogens (tertiary/aromatic N) is 2. The first-order valence-corrected chi connectivity index (χ1v) is 9.76. The van der Waals surface area contributed by atoms with Gasteiger partial charge < -0.3 is 4.74 Å². The third-order valence-corrected chi connectivity index (χ3v) is 5.62. The molecule has 1 aromatic carbocycles. The van der Waals surface area contributed by atoms with Gasteiger partial charge in [0.05, 0.1) is 24.6 Å². The smallest absolute Gasteiger partial charge is 0.309 e. The zero-order chi connectivity index (χ0) is 18.5. The summed E-state index contributed by atoms with van der Waals surface area (Å²) in [6, 6.07) is 7.52. The molecule has 1 saturated carbocycles. The van der Waals surface area contributed by atoms with Crippen molar-refractivity contribution in [3.8, 4) is 0 Å². The van der Waals surface area contributed by atoms with Crippen molar-refractivity contribution in [3.63, 3.8) is 0 Å². The van der Waals surface area contributed by atoms with Crippen molar-refractivity contribution in [2.75, 3.05) is 25.6 Å². The number of carbonyl (C=O) groups is 1. The predicted octanol–water partition coefficient (Wildman–Crippen LogP) is 3.96. The highest BCUT2D eigenvalue weighted by Gasteiger charge is 2.40. The molecule has 5 nitrogen and oxygen atoms in total. The van der Waals surface area contributed by atoms with Crippen LogP contribution < -0.4 is 5.43 Å². The first-order chi connectivity index (χ1) is 12.6. The summed E-state index contributed by atoms with van der Waals surface area (Å²) in [5.41, 5.74) is 6.37. The van der Waals surface area contributed by atoms with E-state index in [2.05, 4.69) is 10.0 Å². The maximum absolute atomic E-state index is 12.2. The fraction of sp³-hybridized carbons (Fsp3) is 0.550. The molecule has 3 rings (SSSR count). The zero-order valence-corrected chi connectivity index (χ0v) is 16.3. The van der Waals surface area contributed by atoms with E-state index in [1.54, 1.807) is 0 Å². The van der Waals surface area contributed by atoms with Gasteiger partial charge in [-0.05, 0) is 43.5 Å². The molecule has 0 aromatic heterocycles. The van der Waals surface area contributed by atoms with Gasteiger partial charge in [-0.15, -0.1) is 0 Å². The maximum Gasteiger partial charge on any atom is 0.309 e. The van der Waals surface area contributed by atoms with Crippen LogP contribution in [0.3, 0.4) is 0 Å². The molecule has 2 atom stereocenters. The van der Waals surface area contributed by atoms with E-state index in [4.69, 9.17) is 21.4 Å². The summed E-state index contributed by atoms with van der Waals surface area (Å²) in [7, 11) is 1.47. The Hall–Kier alpha value is -1.88. The molecule has 0 amide bonds. The van der Waals surface area contributed by atoms with E-state index in [1.165, 1.54) is 25.7 Å². The van der Waals surface area contributed by atoms with E-state index in [9.17, 15) is 4.79 Å². The Morgan fingerprint density at radius 2 is 1.96 bits per heavy atom. The van der Waals surface area contributed by atoms with Crippen molar-refractivity contribution in [3.05, 3.63) is 29.3 Å². The summed E-state index contributed by atoms with van der Waals surface area (Å²) in [5, 5.41) is 5.43. The zero-order valence-electron chi connectivity index (χ0n) is 15.5. The quantitative estimate of drug-likeness (QED) is 0.491. The molecule has 2 unspecified atom stereocenters. The van der Waals surface area contributed by atoms with Crippen LogP contribution in [0.2, 0.25) is 5.02 Å². The van der Waals surface area contributed by atoms with Gasteiger partial charge in [-0.3, -0.25) is 10.2 Å². The Balaban J connectivity index is 1.89. The topological polar surface area (TPSA) is 53.7 Å². The molecule has 140 valence electrons. The number of rotatable bonds is 4. The van der Waals surface area contributed by atoms with Crippen LogP contribution >= 0.6 is 11.6 Å². The summed E-state index contributed by atoms with van der Waals surface area (Å²) < 4.78 is 7.44. The van der Waals surface area contributed by atoms with E-state index in [-0.39, 0.29) is 17.8 Å². The fourth-order valence-electron chi connectivity index (χ4n) is 3.95. The van der Waals surface area contributed by atoms with Crippen LogP contribution in [0.5, 0.6) is 0 Å². The number of hydrogen-bond donors (Lipinski definition) is 1. The van der Waals surface area contributed by atoms with Crippen LogP contribution in [0.4, 0.5) is 5.69 Å². The number of hydrogen-bond acceptors (Lipinski definition) is 4. The minimum absolute atomic E-state index is 0.140. The average molecular weight is 377 g/mol. The summed E-state index contributed by atoms with van der Waals surface area (Å²) >= 11 is 5.95. The number of methoxy groups -OCH3 is 1. The van der Waals surface area contributed by atoms with Gasteiger partial charge in [0.2, 0.25) is 5.71 Å². The second-order valence-corrected chi connectivity index (χ2v) is 7.50. The average Bonchev–Trinajstić information content (AvgIpc) is 3.20. The van der Waals surface area contributed by atoms with Gasteiger partial charge >= 0.3 is 5.97 Å². The van der Waals surface area contributed by atoms with E-state index >= 15 is 0 Å². The minimum Gasteiger partial charge on any atom is -0.469 e. The lowest BCUT2D eigenvalue weighted by Gasteiger charge is -2.27. The van der Waals surface area contributed by atoms with Crippen molar-refractivity contribution in [1.82, 2.24) is 0 Å². The highest BCUT2D eigenvalue weighted by molar-refractivity contribution is 6.42. The standard InChI is InChI=1S/C20H26ClN3O2/c1-14(20(25)26-2)17-6-5-7-18(19(17)24-12-3-4-13-24)23-22-16-10-8-15(21)9-11-16/h8-11,14,17H,3-7,12-13H2,1-2H3/p+1. The van der Waals surface area contributed by atoms with Gasteiger partial charge in [0.1, 0.15) is 18.8 Å². The van der Waals surface area contributed by atoms with Gasteiger partial charge in [0.25, 0.3) is 0 Å². The maximum atomic E-state index is 12.2. The summed E-state index contributed by atoms with van der Waals surface area (Å²) in [4.78, 5) is 12.2. The number of anilines is 1. The number of esters is 1. The summed E-state index contributed by atoms with van der Waals surface area (Å²) in [6.07, 6.45) is 5.35. The highest BCUT2D eigenvalue weighted by atomic mass is 35.5. The summed E-state index contributed by atoms with van der Waals surface area (Å²) in [6.45, 7) is 4.06. The molecular weight excluding hydrogens is 350 g/mol. The van der Waals surface area contributed by atoms with Gasteiger partial charge in [0, 0.05) is 17.9 Å². The Morgan fingerprint density at radius 1 is 1.27 bits per heavy atom. The number of halogens is 1. The second kappa shape index (κ2) is 8.67. The molecule has 1 aromatic rings. The molecule has 0 spiro atoms. The monoisotopic (exact) mass is 376 g/mol. The molecule has 6 heteroatoms. The van der Waals surface area contributed by atoms with E-state index < -0.39 is 0 Å². The summed E-state index contributed by atoms with van der Waals surface area (Å²) in [5.74, 6) is -0.129. The van der Waals surface area contributed by atoms with Crippen molar-refractivity contribution in [2.45, 2.75) is 39.0 Å². The molecule has 1 N–H and O–H groups in total. The number of hydrazone groups is 1. The normalized spacial score (nSPS) is 23.2. The lowest BCUT2D eigenvalue weighted by molar-refractivity contribution is -0.507. The highest BCUT2D eigenvalue weighted by Crippen LogP contribution is 2.29. The molecule has 0 radical (unpaired) electrons. The van der Waals surface area contributed by atoms with Crippen LogP contribution in [-0.2, 0) is 9.53 Å². The second-order valence-electron chi connectivity index (χ2n) is 7.07. The van der Waals surface area contributed by atoms with Crippen LogP contribution in [0.15, 0.2) is 29.4 Å². The predicted molar refractivity (Wildman–Crippen MR) is 105 cm³/mol. The Morgan fingerprint density at radius 3 is 2.62 bits per heavy atom. The number of carbonyl (C=O) groups excluding carboxylic acids is 1. The SMILES string of the molecule is COC(=O)C(C)C1CCC/C(=N\Nc2ccc(Cl)cc2)C1=[N+]1CCCC1. The van der Waals surface area contributed by atoms with Crippen LogP contribution in [0.25, 0.3) is 0 Å². The van der Waals surface area contributed by atoms with Crippen molar-refractivity contribution >= 4 is 34.7 Å². The molecule has 2 fully saturated rings. The van der Waals surface area contributed by atoms with Crippen molar-refractivity contribution in [1.29, 1.82) is 0 Å². The molecular formula is C20H27ClN3O2+. The first kappa shape index (κ1) is 18.9. The lowest BCUT2D eigenvalue weighted by Crippen LogP contribution is -2.42. The van der Waals surface area contributed by atoms with E-state index in [1.807, 2.05) is 31.2 Å².